The maximum Gasteiger partial charge on any atom is 0.249 e. The minimum absolute atomic E-state index is 0.115. The Labute approximate surface area is 163 Å². The van der Waals surface area contributed by atoms with E-state index in [1.165, 1.54) is 0 Å². The molecule has 0 atom stereocenters. The number of ether oxygens (including phenoxy) is 1. The maximum absolute atomic E-state index is 12.6. The molecular formula is C19H26N4O3S. The number of aromatic hydroxyl groups is 1. The van der Waals surface area contributed by atoms with Crippen LogP contribution in [0.5, 0.6) is 5.75 Å². The van der Waals surface area contributed by atoms with Gasteiger partial charge in [0.25, 0.3) is 0 Å². The van der Waals surface area contributed by atoms with Gasteiger partial charge in [-0.05, 0) is 69.0 Å². The fraction of sp³-hybridized carbons (Fsp3) is 0.526. The third-order valence-corrected chi connectivity index (χ3v) is 6.08. The van der Waals surface area contributed by atoms with Crippen LogP contribution in [0.15, 0.2) is 24.3 Å². The smallest absolute Gasteiger partial charge is 0.249 e. The van der Waals surface area contributed by atoms with Crippen LogP contribution < -0.4 is 5.32 Å². The van der Waals surface area contributed by atoms with Gasteiger partial charge in [-0.15, -0.1) is 16.9 Å². The number of amides is 1. The molecule has 0 bridgehead atoms. The summed E-state index contributed by atoms with van der Waals surface area (Å²) in [7, 11) is 0. The van der Waals surface area contributed by atoms with Crippen LogP contribution in [0.2, 0.25) is 0 Å². The van der Waals surface area contributed by atoms with Gasteiger partial charge in [-0.3, -0.25) is 15.2 Å². The van der Waals surface area contributed by atoms with E-state index < -0.39 is 4.75 Å². The van der Waals surface area contributed by atoms with Crippen molar-refractivity contribution in [1.82, 2.24) is 15.2 Å². The van der Waals surface area contributed by atoms with Gasteiger partial charge in [-0.1, -0.05) is 0 Å². The number of benzene rings is 1. The fourth-order valence-electron chi connectivity index (χ4n) is 2.90. The number of phenols is 1. The molecule has 0 unspecified atom stereocenters. The van der Waals surface area contributed by atoms with E-state index in [-0.39, 0.29) is 17.6 Å². The Hall–Kier alpha value is -2.06. The topological polar surface area (TPSA) is 100 Å². The van der Waals surface area contributed by atoms with Gasteiger partial charge in [0.2, 0.25) is 11.9 Å². The van der Waals surface area contributed by atoms with Crippen LogP contribution in [0, 0.1) is 5.92 Å². The highest BCUT2D eigenvalue weighted by Gasteiger charge is 2.29. The number of nitrogens with one attached hydrogen (secondary N) is 2. The molecule has 8 heteroatoms. The number of hydrogen-bond donors (Lipinski definition) is 3. The number of nitrogens with zero attached hydrogens (tertiary/aromatic N) is 2. The van der Waals surface area contributed by atoms with Gasteiger partial charge < -0.3 is 9.84 Å². The Morgan fingerprint density at radius 3 is 2.74 bits per heavy atom. The van der Waals surface area contributed by atoms with Crippen molar-refractivity contribution < 1.29 is 14.6 Å². The molecule has 7 nitrogen and oxygen atoms in total. The van der Waals surface area contributed by atoms with E-state index in [9.17, 15) is 9.90 Å². The SMILES string of the molecule is CC(C)(SCCC1CCOCC1)C(=O)Nc1n[nH]c(-c2ccc(O)cc2)n1. The summed E-state index contributed by atoms with van der Waals surface area (Å²) in [6.07, 6.45) is 3.34. The quantitative estimate of drug-likeness (QED) is 0.670. The third kappa shape index (κ3) is 5.46. The molecule has 1 amide bonds. The van der Waals surface area contributed by atoms with E-state index in [0.29, 0.717) is 11.7 Å². The lowest BCUT2D eigenvalue weighted by Crippen LogP contribution is -2.35. The molecule has 1 fully saturated rings. The van der Waals surface area contributed by atoms with E-state index in [1.54, 1.807) is 36.0 Å². The van der Waals surface area contributed by atoms with Crippen LogP contribution in [0.3, 0.4) is 0 Å². The second-order valence-corrected chi connectivity index (χ2v) is 8.93. The van der Waals surface area contributed by atoms with E-state index in [4.69, 9.17) is 4.74 Å². The highest BCUT2D eigenvalue weighted by atomic mass is 32.2. The lowest BCUT2D eigenvalue weighted by atomic mass is 9.98. The number of rotatable bonds is 7. The van der Waals surface area contributed by atoms with Crippen molar-refractivity contribution >= 4 is 23.6 Å². The summed E-state index contributed by atoms with van der Waals surface area (Å²) in [5.74, 6) is 2.50. The zero-order chi connectivity index (χ0) is 19.3. The van der Waals surface area contributed by atoms with Gasteiger partial charge >= 0.3 is 0 Å². The van der Waals surface area contributed by atoms with Crippen molar-refractivity contribution in [3.8, 4) is 17.1 Å². The van der Waals surface area contributed by atoms with Crippen molar-refractivity contribution in [2.24, 2.45) is 5.92 Å². The molecule has 27 heavy (non-hydrogen) atoms. The van der Waals surface area contributed by atoms with Crippen molar-refractivity contribution in [3.63, 3.8) is 0 Å². The number of anilines is 1. The highest BCUT2D eigenvalue weighted by molar-refractivity contribution is 8.01. The summed E-state index contributed by atoms with van der Waals surface area (Å²) in [6, 6.07) is 6.62. The summed E-state index contributed by atoms with van der Waals surface area (Å²) in [4.78, 5) is 16.9. The average Bonchev–Trinajstić information content (AvgIpc) is 3.11. The van der Waals surface area contributed by atoms with Crippen LogP contribution in [-0.2, 0) is 9.53 Å². The largest absolute Gasteiger partial charge is 0.508 e. The van der Waals surface area contributed by atoms with E-state index in [2.05, 4.69) is 20.5 Å². The molecular weight excluding hydrogens is 364 g/mol. The van der Waals surface area contributed by atoms with Crippen molar-refractivity contribution in [1.29, 1.82) is 0 Å². The molecule has 1 aliphatic heterocycles. The Balaban J connectivity index is 1.51. The predicted octanol–water partition coefficient (Wildman–Crippen LogP) is 3.44. The molecule has 1 aromatic heterocycles. The third-order valence-electron chi connectivity index (χ3n) is 4.73. The van der Waals surface area contributed by atoms with Gasteiger partial charge in [-0.2, -0.15) is 4.98 Å². The van der Waals surface area contributed by atoms with E-state index >= 15 is 0 Å². The average molecular weight is 391 g/mol. The van der Waals surface area contributed by atoms with Crippen molar-refractivity contribution in [2.45, 2.75) is 37.9 Å². The number of phenolic OH excluding ortho intramolecular Hbond substituents is 1. The maximum atomic E-state index is 12.6. The molecule has 3 N–H and O–H groups in total. The Morgan fingerprint density at radius 1 is 1.33 bits per heavy atom. The second-order valence-electron chi connectivity index (χ2n) is 7.21. The molecule has 3 rings (SSSR count). The molecule has 0 saturated carbocycles. The zero-order valence-corrected chi connectivity index (χ0v) is 16.5. The number of carbonyl (C=O) groups is 1. The second kappa shape index (κ2) is 8.75. The normalized spacial score (nSPS) is 15.6. The molecule has 0 spiro atoms. The van der Waals surface area contributed by atoms with Crippen LogP contribution >= 0.6 is 11.8 Å². The van der Waals surface area contributed by atoms with Crippen LogP contribution in [0.4, 0.5) is 5.95 Å². The van der Waals surface area contributed by atoms with Gasteiger partial charge in [-0.25, -0.2) is 0 Å². The number of hydrogen-bond acceptors (Lipinski definition) is 6. The van der Waals surface area contributed by atoms with Crippen LogP contribution in [0.25, 0.3) is 11.4 Å². The standard InChI is InChI=1S/C19H26N4O3S/c1-19(2,27-12-9-13-7-10-26-11-8-13)17(25)21-18-20-16(22-23-18)14-3-5-15(24)6-4-14/h3-6,13,24H,7-12H2,1-2H3,(H2,20,21,22,23,25). The Bertz CT molecular complexity index is 755. The van der Waals surface area contributed by atoms with Crippen molar-refractivity contribution in [3.05, 3.63) is 24.3 Å². The van der Waals surface area contributed by atoms with E-state index in [1.807, 2.05) is 13.8 Å². The zero-order valence-electron chi connectivity index (χ0n) is 15.7. The first-order chi connectivity index (χ1) is 12.9. The molecule has 2 heterocycles. The molecule has 1 saturated heterocycles. The minimum atomic E-state index is -0.565. The number of aromatic amines is 1. The van der Waals surface area contributed by atoms with Crippen LogP contribution in [-0.4, -0.2) is 49.9 Å². The minimum Gasteiger partial charge on any atom is -0.508 e. The number of carbonyl (C=O) groups excluding carboxylic acids is 1. The fourth-order valence-corrected chi connectivity index (χ4v) is 4.04. The lowest BCUT2D eigenvalue weighted by Gasteiger charge is -2.25. The molecule has 146 valence electrons. The first-order valence-electron chi connectivity index (χ1n) is 9.19. The lowest BCUT2D eigenvalue weighted by molar-refractivity contribution is -0.117. The summed E-state index contributed by atoms with van der Waals surface area (Å²) >= 11 is 1.66. The van der Waals surface area contributed by atoms with Gasteiger partial charge in [0, 0.05) is 18.8 Å². The molecule has 1 aromatic carbocycles. The summed E-state index contributed by atoms with van der Waals surface area (Å²) in [5, 5.41) is 19.0. The van der Waals surface area contributed by atoms with Gasteiger partial charge in [0.05, 0.1) is 4.75 Å². The summed E-state index contributed by atoms with van der Waals surface area (Å²) in [5.41, 5.74) is 0.783. The summed E-state index contributed by atoms with van der Waals surface area (Å²) in [6.45, 7) is 5.55. The van der Waals surface area contributed by atoms with Crippen LogP contribution in [0.1, 0.15) is 33.1 Å². The van der Waals surface area contributed by atoms with Crippen molar-refractivity contribution in [2.75, 3.05) is 24.3 Å². The Kier molecular flexibility index (Phi) is 6.38. The van der Waals surface area contributed by atoms with E-state index in [0.717, 1.165) is 43.8 Å². The highest BCUT2D eigenvalue weighted by Crippen LogP contribution is 2.29. The van der Waals surface area contributed by atoms with Gasteiger partial charge in [0.15, 0.2) is 5.82 Å². The molecule has 0 aliphatic carbocycles. The number of H-pyrrole nitrogens is 1. The molecule has 2 aromatic rings. The first kappa shape index (κ1) is 19.7. The molecule has 0 radical (unpaired) electrons. The Morgan fingerprint density at radius 2 is 2.04 bits per heavy atom. The summed E-state index contributed by atoms with van der Waals surface area (Å²) < 4.78 is 4.83. The number of thioether (sulfide) groups is 1. The number of aromatic nitrogens is 3. The van der Waals surface area contributed by atoms with Gasteiger partial charge in [0.1, 0.15) is 5.75 Å². The first-order valence-corrected chi connectivity index (χ1v) is 10.2. The molecule has 1 aliphatic rings. The predicted molar refractivity (Wildman–Crippen MR) is 107 cm³/mol. The monoisotopic (exact) mass is 390 g/mol.